The smallest absolute Gasteiger partial charge is 0.306 e. The second-order valence-corrected chi connectivity index (χ2v) is 8.02. The van der Waals surface area contributed by atoms with Gasteiger partial charge in [0.2, 0.25) is 0 Å². The van der Waals surface area contributed by atoms with Crippen molar-refractivity contribution in [2.75, 3.05) is 6.54 Å². The number of nitrogens with zero attached hydrogens (tertiary/aromatic N) is 5. The molecule has 0 bridgehead atoms. The first kappa shape index (κ1) is 21.5. The Morgan fingerprint density at radius 2 is 1.81 bits per heavy atom. The monoisotopic (exact) mass is 435 g/mol. The molecule has 0 saturated heterocycles. The van der Waals surface area contributed by atoms with E-state index in [2.05, 4.69) is 15.5 Å². The molecule has 1 saturated carbocycles. The van der Waals surface area contributed by atoms with Crippen molar-refractivity contribution >= 4 is 11.9 Å². The van der Waals surface area contributed by atoms with E-state index >= 15 is 0 Å². The molecule has 2 aromatic carbocycles. The first-order valence-electron chi connectivity index (χ1n) is 10.6. The molecule has 1 amide bonds. The van der Waals surface area contributed by atoms with Crippen LogP contribution >= 0.6 is 0 Å². The second-order valence-electron chi connectivity index (χ2n) is 8.02. The number of ether oxygens (including phenoxy) is 1. The number of para-hydroxylation sites is 1. The van der Waals surface area contributed by atoms with Crippen LogP contribution in [-0.2, 0) is 21.7 Å². The predicted molar refractivity (Wildman–Crippen MR) is 115 cm³/mol. The van der Waals surface area contributed by atoms with E-state index in [-0.39, 0.29) is 18.7 Å². The van der Waals surface area contributed by atoms with Gasteiger partial charge >= 0.3 is 5.97 Å². The van der Waals surface area contributed by atoms with E-state index in [9.17, 15) is 14.7 Å². The first-order chi connectivity index (χ1) is 15.5. The maximum Gasteiger partial charge on any atom is 0.306 e. The summed E-state index contributed by atoms with van der Waals surface area (Å²) in [5.41, 5.74) is -0.105. The van der Waals surface area contributed by atoms with E-state index in [1.165, 1.54) is 11.0 Å². The number of benzene rings is 2. The van der Waals surface area contributed by atoms with Gasteiger partial charge in [-0.15, -0.1) is 5.10 Å². The highest BCUT2D eigenvalue weighted by molar-refractivity contribution is 5.88. The van der Waals surface area contributed by atoms with E-state index in [0.29, 0.717) is 18.8 Å². The molecule has 1 fully saturated rings. The normalized spacial score (nSPS) is 19.7. The third-order valence-corrected chi connectivity index (χ3v) is 5.76. The van der Waals surface area contributed by atoms with Crippen LogP contribution in [0.25, 0.3) is 0 Å². The molecule has 0 atom stereocenters. The molecule has 9 nitrogen and oxygen atoms in total. The Hall–Kier alpha value is -3.75. The molecule has 1 heterocycles. The van der Waals surface area contributed by atoms with Gasteiger partial charge < -0.3 is 14.7 Å². The molecule has 3 aromatic rings. The van der Waals surface area contributed by atoms with Gasteiger partial charge in [0.25, 0.3) is 5.91 Å². The number of aliphatic carboxylic acids is 1. The summed E-state index contributed by atoms with van der Waals surface area (Å²) in [6.45, 7) is 2.95. The van der Waals surface area contributed by atoms with Crippen LogP contribution in [0.1, 0.15) is 31.7 Å². The molecule has 9 heteroatoms. The van der Waals surface area contributed by atoms with Crippen LogP contribution < -0.4 is 4.74 Å². The molecule has 1 N–H and O–H groups in total. The lowest BCUT2D eigenvalue weighted by atomic mass is 9.67. The summed E-state index contributed by atoms with van der Waals surface area (Å²) in [6.07, 6.45) is 2.51. The Kier molecular flexibility index (Phi) is 6.16. The van der Waals surface area contributed by atoms with Gasteiger partial charge in [-0.1, -0.05) is 37.3 Å². The Morgan fingerprint density at radius 1 is 1.12 bits per heavy atom. The number of hydrogen-bond acceptors (Lipinski definition) is 6. The van der Waals surface area contributed by atoms with Gasteiger partial charge in [-0.05, 0) is 59.5 Å². The quantitative estimate of drug-likeness (QED) is 0.550. The summed E-state index contributed by atoms with van der Waals surface area (Å²) in [4.78, 5) is 26.8. The van der Waals surface area contributed by atoms with Gasteiger partial charge in [-0.25, -0.2) is 4.68 Å². The Balaban J connectivity index is 1.50. The van der Waals surface area contributed by atoms with Crippen molar-refractivity contribution in [2.24, 2.45) is 5.92 Å². The minimum atomic E-state index is -1.06. The molecule has 4 rings (SSSR count). The highest BCUT2D eigenvalue weighted by Crippen LogP contribution is 2.45. The number of tetrazole rings is 1. The standard InChI is InChI=1S/C23H25N5O4/c1-2-12-27(15-17-8-10-20(11-9-17)32-19-6-4-3-5-7-19)22(31)23(28-16-24-25-26-28)13-18(14-23)21(29)30/h3-11,16,18H,2,12-15H2,1H3,(H,29,30). The minimum Gasteiger partial charge on any atom is -0.481 e. The molecule has 1 aliphatic carbocycles. The Bertz CT molecular complexity index is 1050. The zero-order valence-corrected chi connectivity index (χ0v) is 17.8. The Morgan fingerprint density at radius 3 is 2.41 bits per heavy atom. The van der Waals surface area contributed by atoms with Crippen molar-refractivity contribution in [1.82, 2.24) is 25.1 Å². The maximum atomic E-state index is 13.6. The summed E-state index contributed by atoms with van der Waals surface area (Å²) in [6, 6.07) is 17.1. The highest BCUT2D eigenvalue weighted by Gasteiger charge is 2.56. The highest BCUT2D eigenvalue weighted by atomic mass is 16.5. The van der Waals surface area contributed by atoms with E-state index in [1.807, 2.05) is 61.5 Å². The van der Waals surface area contributed by atoms with E-state index in [0.717, 1.165) is 17.7 Å². The first-order valence-corrected chi connectivity index (χ1v) is 10.6. The number of aromatic nitrogens is 4. The van der Waals surface area contributed by atoms with Crippen molar-refractivity contribution in [3.8, 4) is 11.5 Å². The molecule has 0 aliphatic heterocycles. The van der Waals surface area contributed by atoms with Crippen LogP contribution in [0.2, 0.25) is 0 Å². The predicted octanol–water partition coefficient (Wildman–Crippen LogP) is 3.09. The van der Waals surface area contributed by atoms with Crippen molar-refractivity contribution in [3.63, 3.8) is 0 Å². The zero-order valence-electron chi connectivity index (χ0n) is 17.8. The van der Waals surface area contributed by atoms with Crippen LogP contribution in [0.3, 0.4) is 0 Å². The van der Waals surface area contributed by atoms with Crippen LogP contribution in [0, 0.1) is 5.92 Å². The lowest BCUT2D eigenvalue weighted by Crippen LogP contribution is -2.59. The SMILES string of the molecule is CCCN(Cc1ccc(Oc2ccccc2)cc1)C(=O)C1(n2cnnn2)CC(C(=O)O)C1. The third-order valence-electron chi connectivity index (χ3n) is 5.76. The molecular formula is C23H25N5O4. The number of carboxylic acid groups (broad SMARTS) is 1. The van der Waals surface area contributed by atoms with E-state index in [4.69, 9.17) is 4.74 Å². The van der Waals surface area contributed by atoms with Crippen molar-refractivity contribution < 1.29 is 19.4 Å². The molecule has 166 valence electrons. The number of carboxylic acids is 1. The van der Waals surface area contributed by atoms with E-state index in [1.54, 1.807) is 4.90 Å². The van der Waals surface area contributed by atoms with Crippen LogP contribution in [0.5, 0.6) is 11.5 Å². The Labute approximate surface area is 185 Å². The van der Waals surface area contributed by atoms with E-state index < -0.39 is 17.4 Å². The van der Waals surface area contributed by atoms with Gasteiger partial charge in [0.1, 0.15) is 23.4 Å². The lowest BCUT2D eigenvalue weighted by molar-refractivity contribution is -0.160. The molecule has 32 heavy (non-hydrogen) atoms. The van der Waals surface area contributed by atoms with Gasteiger partial charge in [0.15, 0.2) is 0 Å². The van der Waals surface area contributed by atoms with Gasteiger partial charge in [0.05, 0.1) is 5.92 Å². The summed E-state index contributed by atoms with van der Waals surface area (Å²) in [5, 5.41) is 20.6. The molecule has 1 aromatic heterocycles. The summed E-state index contributed by atoms with van der Waals surface area (Å²) >= 11 is 0. The average Bonchev–Trinajstić information content (AvgIpc) is 3.29. The number of rotatable bonds is 9. The second kappa shape index (κ2) is 9.17. The largest absolute Gasteiger partial charge is 0.481 e. The molecule has 0 spiro atoms. The van der Waals surface area contributed by atoms with Crippen molar-refractivity contribution in [2.45, 2.75) is 38.3 Å². The number of hydrogen-bond donors (Lipinski definition) is 1. The number of amides is 1. The number of carbonyl (C=O) groups excluding carboxylic acids is 1. The molecule has 0 unspecified atom stereocenters. The van der Waals surface area contributed by atoms with Gasteiger partial charge in [-0.2, -0.15) is 0 Å². The summed E-state index contributed by atoms with van der Waals surface area (Å²) in [5.74, 6) is -0.182. The topological polar surface area (TPSA) is 110 Å². The summed E-state index contributed by atoms with van der Waals surface area (Å²) < 4.78 is 7.25. The zero-order chi connectivity index (χ0) is 22.6. The van der Waals surface area contributed by atoms with Gasteiger partial charge in [-0.3, -0.25) is 9.59 Å². The molecule has 1 aliphatic rings. The fourth-order valence-electron chi connectivity index (χ4n) is 4.07. The molecule has 0 radical (unpaired) electrons. The number of carbonyl (C=O) groups is 2. The fourth-order valence-corrected chi connectivity index (χ4v) is 4.07. The van der Waals surface area contributed by atoms with Crippen LogP contribution in [-0.4, -0.2) is 48.6 Å². The molecular weight excluding hydrogens is 410 g/mol. The van der Waals surface area contributed by atoms with Gasteiger partial charge in [0, 0.05) is 13.1 Å². The van der Waals surface area contributed by atoms with Crippen LogP contribution in [0.15, 0.2) is 60.9 Å². The lowest BCUT2D eigenvalue weighted by Gasteiger charge is -2.46. The fraction of sp³-hybridized carbons (Fsp3) is 0.348. The maximum absolute atomic E-state index is 13.6. The average molecular weight is 435 g/mol. The summed E-state index contributed by atoms with van der Waals surface area (Å²) in [7, 11) is 0. The van der Waals surface area contributed by atoms with Crippen LogP contribution in [0.4, 0.5) is 0 Å². The third kappa shape index (κ3) is 4.32. The van der Waals surface area contributed by atoms with Crippen molar-refractivity contribution in [3.05, 3.63) is 66.5 Å². The van der Waals surface area contributed by atoms with Crippen molar-refractivity contribution in [1.29, 1.82) is 0 Å². The minimum absolute atomic E-state index is 0.159.